The second-order valence-corrected chi connectivity index (χ2v) is 16.6. The number of thiophene rings is 1. The molecule has 9 aromatic carbocycles. The van der Waals surface area contributed by atoms with Crippen LogP contribution in [-0.2, 0) is 0 Å². The largest absolute Gasteiger partial charge is 0.307 e. The van der Waals surface area contributed by atoms with Gasteiger partial charge in [0.2, 0.25) is 0 Å². The predicted molar refractivity (Wildman–Crippen MR) is 255 cm³/mol. The van der Waals surface area contributed by atoms with Crippen LogP contribution in [0.3, 0.4) is 0 Å². The Kier molecular flexibility index (Phi) is 7.41. The summed E-state index contributed by atoms with van der Waals surface area (Å²) in [5.41, 5.74) is 9.78. The van der Waals surface area contributed by atoms with Gasteiger partial charge in [-0.15, -0.1) is 11.3 Å². The summed E-state index contributed by atoms with van der Waals surface area (Å²) in [7, 11) is 0. The van der Waals surface area contributed by atoms with Gasteiger partial charge in [0.25, 0.3) is 0 Å². The summed E-state index contributed by atoms with van der Waals surface area (Å²) in [4.78, 5) is 15.8. The number of hydrogen-bond donors (Lipinski definition) is 0. The molecule has 0 aliphatic carbocycles. The molecular weight excluding hydrogens is 763 g/mol. The second kappa shape index (κ2) is 13.3. The van der Waals surface area contributed by atoms with Crippen molar-refractivity contribution < 1.29 is 0 Å². The van der Waals surface area contributed by atoms with E-state index in [1.54, 1.807) is 11.3 Å². The smallest absolute Gasteiger partial charge is 0.165 e. The van der Waals surface area contributed by atoms with Gasteiger partial charge >= 0.3 is 0 Å². The van der Waals surface area contributed by atoms with Crippen LogP contribution in [0.4, 0.5) is 0 Å². The molecule has 284 valence electrons. The monoisotopic (exact) mass is 795 g/mol. The lowest BCUT2D eigenvalue weighted by Crippen LogP contribution is -2.01. The van der Waals surface area contributed by atoms with Crippen molar-refractivity contribution in [3.8, 4) is 45.5 Å². The van der Waals surface area contributed by atoms with E-state index in [0.29, 0.717) is 17.5 Å². The highest BCUT2D eigenvalue weighted by molar-refractivity contribution is 7.26. The van der Waals surface area contributed by atoms with Crippen LogP contribution in [0.25, 0.3) is 120 Å². The summed E-state index contributed by atoms with van der Waals surface area (Å²) in [5, 5.41) is 9.59. The molecule has 5 nitrogen and oxygen atoms in total. The Morgan fingerprint density at radius 2 is 0.836 bits per heavy atom. The maximum Gasteiger partial charge on any atom is 0.165 e. The van der Waals surface area contributed by atoms with Crippen molar-refractivity contribution in [3.63, 3.8) is 0 Å². The molecule has 0 fully saturated rings. The fourth-order valence-electron chi connectivity index (χ4n) is 9.46. The highest BCUT2D eigenvalue weighted by Gasteiger charge is 2.22. The Balaban J connectivity index is 1.04. The number of hydrogen-bond acceptors (Lipinski definition) is 4. The molecule has 0 aliphatic rings. The van der Waals surface area contributed by atoms with E-state index in [4.69, 9.17) is 15.0 Å². The predicted octanol–water partition coefficient (Wildman–Crippen LogP) is 14.6. The van der Waals surface area contributed by atoms with Crippen molar-refractivity contribution in [1.29, 1.82) is 0 Å². The van der Waals surface area contributed by atoms with Crippen molar-refractivity contribution in [3.05, 3.63) is 200 Å². The Morgan fingerprint density at radius 1 is 0.328 bits per heavy atom. The lowest BCUT2D eigenvalue weighted by molar-refractivity contribution is 1.08. The van der Waals surface area contributed by atoms with Gasteiger partial charge in [-0.2, -0.15) is 0 Å². The van der Waals surface area contributed by atoms with E-state index in [0.717, 1.165) is 44.4 Å². The number of para-hydroxylation sites is 3. The molecule has 0 amide bonds. The topological polar surface area (TPSA) is 48.5 Å². The first-order valence-corrected chi connectivity index (χ1v) is 21.3. The van der Waals surface area contributed by atoms with E-state index in [1.807, 2.05) is 0 Å². The van der Waals surface area contributed by atoms with Gasteiger partial charge in [0.05, 0.1) is 22.1 Å². The van der Waals surface area contributed by atoms with Crippen LogP contribution in [0.2, 0.25) is 0 Å². The third-order valence-electron chi connectivity index (χ3n) is 12.2. The zero-order valence-corrected chi connectivity index (χ0v) is 33.5. The van der Waals surface area contributed by atoms with Gasteiger partial charge in [0, 0.05) is 69.8 Å². The number of rotatable bonds is 5. The SMILES string of the molecule is c1ccc(-n2c3ccccc3c3ccc4c5ccccc5n(-c5ccc(-c6nc(-c7cccc8ccccc78)nc(-c7cccc8c7sc7ccccc78)n6)cc5)c4c32)cc1. The van der Waals surface area contributed by atoms with Crippen molar-refractivity contribution >= 4 is 85.9 Å². The molecule has 0 atom stereocenters. The van der Waals surface area contributed by atoms with E-state index in [2.05, 4.69) is 209 Å². The number of fused-ring (bicyclic) bond motifs is 11. The molecule has 0 spiro atoms. The molecule has 13 aromatic rings. The Hall–Kier alpha value is -7.93. The quantitative estimate of drug-likeness (QED) is 0.174. The summed E-state index contributed by atoms with van der Waals surface area (Å²) < 4.78 is 7.27. The molecule has 0 saturated carbocycles. The first-order valence-electron chi connectivity index (χ1n) is 20.5. The molecule has 4 heterocycles. The molecule has 0 bridgehead atoms. The van der Waals surface area contributed by atoms with Crippen LogP contribution in [-0.4, -0.2) is 24.1 Å². The van der Waals surface area contributed by atoms with E-state index < -0.39 is 0 Å². The molecule has 4 aromatic heterocycles. The number of aromatic nitrogens is 5. The van der Waals surface area contributed by atoms with Crippen molar-refractivity contribution in [2.45, 2.75) is 0 Å². The molecule has 0 unspecified atom stereocenters. The molecule has 0 N–H and O–H groups in total. The maximum atomic E-state index is 5.28. The Morgan fingerprint density at radius 3 is 1.56 bits per heavy atom. The van der Waals surface area contributed by atoms with Gasteiger partial charge in [-0.3, -0.25) is 0 Å². The maximum absolute atomic E-state index is 5.28. The van der Waals surface area contributed by atoms with Crippen LogP contribution in [0.15, 0.2) is 200 Å². The normalized spacial score (nSPS) is 11.9. The van der Waals surface area contributed by atoms with Gasteiger partial charge in [0.15, 0.2) is 17.5 Å². The Bertz CT molecular complexity index is 3870. The molecule has 0 radical (unpaired) electrons. The van der Waals surface area contributed by atoms with E-state index >= 15 is 0 Å². The molecular formula is C55H33N5S. The summed E-state index contributed by atoms with van der Waals surface area (Å²) in [6.45, 7) is 0. The average Bonchev–Trinajstić information content (AvgIpc) is 4.00. The first-order chi connectivity index (χ1) is 30.3. The van der Waals surface area contributed by atoms with Gasteiger partial charge in [-0.05, 0) is 71.4 Å². The lowest BCUT2D eigenvalue weighted by Gasteiger charge is -2.13. The van der Waals surface area contributed by atoms with E-state index in [1.165, 1.54) is 58.3 Å². The summed E-state index contributed by atoms with van der Waals surface area (Å²) in [6, 6.07) is 71.4. The zero-order valence-electron chi connectivity index (χ0n) is 32.7. The van der Waals surface area contributed by atoms with Crippen LogP contribution in [0.5, 0.6) is 0 Å². The molecule has 0 aliphatic heterocycles. The average molecular weight is 796 g/mol. The Labute approximate surface area is 354 Å². The molecule has 61 heavy (non-hydrogen) atoms. The number of nitrogens with zero attached hydrogens (tertiary/aromatic N) is 5. The van der Waals surface area contributed by atoms with E-state index in [-0.39, 0.29) is 0 Å². The van der Waals surface area contributed by atoms with Gasteiger partial charge < -0.3 is 9.13 Å². The van der Waals surface area contributed by atoms with Crippen LogP contribution in [0, 0.1) is 0 Å². The molecule has 0 saturated heterocycles. The number of benzene rings is 9. The fraction of sp³-hybridized carbons (Fsp3) is 0. The second-order valence-electron chi connectivity index (χ2n) is 15.6. The standard InChI is InChI=1S/C55H33N5S/c1-2-16-36(17-3-1)59-47-25-9-6-19-39(47)42-32-33-43-40-20-7-10-26-48(40)60(51(43)50(42)59)37-30-28-35(29-31-37)53-56-54(45-23-12-15-34-14-4-5-18-38(34)45)58-55(57-53)46-24-13-22-44-41-21-8-11-27-49(41)61-52(44)46/h1-33H. The van der Waals surface area contributed by atoms with E-state index in [9.17, 15) is 0 Å². The highest BCUT2D eigenvalue weighted by atomic mass is 32.1. The van der Waals surface area contributed by atoms with Gasteiger partial charge in [-0.25, -0.2) is 15.0 Å². The third-order valence-corrected chi connectivity index (χ3v) is 13.4. The summed E-state index contributed by atoms with van der Waals surface area (Å²) >= 11 is 1.79. The third kappa shape index (κ3) is 5.16. The van der Waals surface area contributed by atoms with Crippen molar-refractivity contribution in [2.75, 3.05) is 0 Å². The summed E-state index contributed by atoms with van der Waals surface area (Å²) in [5.74, 6) is 1.94. The molecule has 13 rings (SSSR count). The van der Waals surface area contributed by atoms with Crippen LogP contribution >= 0.6 is 11.3 Å². The van der Waals surface area contributed by atoms with Crippen molar-refractivity contribution in [1.82, 2.24) is 24.1 Å². The highest BCUT2D eigenvalue weighted by Crippen LogP contribution is 2.43. The van der Waals surface area contributed by atoms with Crippen LogP contribution in [0.1, 0.15) is 0 Å². The molecule has 6 heteroatoms. The van der Waals surface area contributed by atoms with Gasteiger partial charge in [0.1, 0.15) is 0 Å². The van der Waals surface area contributed by atoms with Gasteiger partial charge in [-0.1, -0.05) is 140 Å². The van der Waals surface area contributed by atoms with Crippen molar-refractivity contribution in [2.24, 2.45) is 0 Å². The minimum absolute atomic E-state index is 0.631. The minimum atomic E-state index is 0.631. The zero-order chi connectivity index (χ0) is 40.0. The fourth-order valence-corrected chi connectivity index (χ4v) is 10.7. The first kappa shape index (κ1) is 34.0. The minimum Gasteiger partial charge on any atom is -0.307 e. The summed E-state index contributed by atoms with van der Waals surface area (Å²) in [6.07, 6.45) is 0. The lowest BCUT2D eigenvalue weighted by atomic mass is 10.0. The van der Waals surface area contributed by atoms with Crippen LogP contribution < -0.4 is 0 Å².